The second-order valence-corrected chi connectivity index (χ2v) is 9.56. The zero-order valence-corrected chi connectivity index (χ0v) is 18.7. The highest BCUT2D eigenvalue weighted by Crippen LogP contribution is 2.36. The SMILES string of the molecule is CCCCCCCC[C@H]1CC[C@H](CC[C@H]2CO[C@H](c3ccc(F)c(F)c3)OC2)CC1. The molecular formula is C26H40F2O2. The quantitative estimate of drug-likeness (QED) is 0.337. The van der Waals surface area contributed by atoms with Crippen LogP contribution in [0, 0.1) is 29.4 Å². The molecule has 0 N–H and O–H groups in total. The fraction of sp³-hybridized carbons (Fsp3) is 0.769. The Bertz CT molecular complexity index is 605. The van der Waals surface area contributed by atoms with Gasteiger partial charge in [0.05, 0.1) is 13.2 Å². The molecule has 30 heavy (non-hydrogen) atoms. The van der Waals surface area contributed by atoms with Gasteiger partial charge in [-0.05, 0) is 30.4 Å². The first kappa shape index (κ1) is 23.7. The highest BCUT2D eigenvalue weighted by molar-refractivity contribution is 5.19. The zero-order valence-electron chi connectivity index (χ0n) is 18.7. The monoisotopic (exact) mass is 422 g/mol. The Balaban J connectivity index is 1.25. The Kier molecular flexibility index (Phi) is 10.1. The summed E-state index contributed by atoms with van der Waals surface area (Å²) in [7, 11) is 0. The molecule has 1 aliphatic carbocycles. The molecule has 0 atom stereocenters. The number of ether oxygens (including phenoxy) is 2. The number of hydrogen-bond donors (Lipinski definition) is 0. The van der Waals surface area contributed by atoms with Crippen LogP contribution in [0.5, 0.6) is 0 Å². The smallest absolute Gasteiger partial charge is 0.183 e. The number of hydrogen-bond acceptors (Lipinski definition) is 2. The van der Waals surface area contributed by atoms with Crippen molar-refractivity contribution in [1.29, 1.82) is 0 Å². The van der Waals surface area contributed by atoms with E-state index in [0.29, 0.717) is 24.7 Å². The summed E-state index contributed by atoms with van der Waals surface area (Å²) in [6.07, 6.45) is 17.3. The van der Waals surface area contributed by atoms with E-state index in [1.807, 2.05) is 0 Å². The lowest BCUT2D eigenvalue weighted by atomic mass is 9.77. The van der Waals surface area contributed by atoms with Gasteiger partial charge in [-0.15, -0.1) is 0 Å². The van der Waals surface area contributed by atoms with Gasteiger partial charge in [-0.2, -0.15) is 0 Å². The molecule has 1 saturated carbocycles. The van der Waals surface area contributed by atoms with E-state index in [-0.39, 0.29) is 0 Å². The minimum absolute atomic E-state index is 0.410. The third kappa shape index (κ3) is 7.60. The van der Waals surface area contributed by atoms with Crippen molar-refractivity contribution >= 4 is 0 Å². The standard InChI is InChI=1S/C26H40F2O2/c1-2-3-4-5-6-7-8-20-9-11-21(12-10-20)13-14-22-18-29-26(30-19-22)23-15-16-24(27)25(28)17-23/h15-17,20-22,26H,2-14,18-19H2,1H3/t20-,21-,22-,26-. The number of unbranched alkanes of at least 4 members (excludes halogenated alkanes) is 5. The first-order chi connectivity index (χ1) is 14.7. The van der Waals surface area contributed by atoms with Crippen molar-refractivity contribution in [3.63, 3.8) is 0 Å². The summed E-state index contributed by atoms with van der Waals surface area (Å²) in [5.41, 5.74) is 0.552. The van der Waals surface area contributed by atoms with Gasteiger partial charge in [-0.1, -0.05) is 90.0 Å². The van der Waals surface area contributed by atoms with Gasteiger partial charge in [-0.3, -0.25) is 0 Å². The van der Waals surface area contributed by atoms with Gasteiger partial charge in [0.2, 0.25) is 0 Å². The molecule has 2 fully saturated rings. The van der Waals surface area contributed by atoms with Crippen LogP contribution < -0.4 is 0 Å². The average Bonchev–Trinajstić information content (AvgIpc) is 2.78. The Morgan fingerprint density at radius 1 is 0.733 bits per heavy atom. The van der Waals surface area contributed by atoms with E-state index in [4.69, 9.17) is 9.47 Å². The second kappa shape index (κ2) is 12.8. The lowest BCUT2D eigenvalue weighted by Gasteiger charge is -2.32. The van der Waals surface area contributed by atoms with Crippen molar-refractivity contribution in [3.8, 4) is 0 Å². The van der Waals surface area contributed by atoms with Crippen LogP contribution in [0.4, 0.5) is 8.78 Å². The van der Waals surface area contributed by atoms with Crippen LogP contribution in [-0.4, -0.2) is 13.2 Å². The average molecular weight is 423 g/mol. The molecule has 1 aliphatic heterocycles. The van der Waals surface area contributed by atoms with E-state index in [1.165, 1.54) is 89.2 Å². The number of halogens is 2. The van der Waals surface area contributed by atoms with Gasteiger partial charge in [0, 0.05) is 11.5 Å². The predicted octanol–water partition coefficient (Wildman–Crippen LogP) is 7.96. The van der Waals surface area contributed by atoms with Crippen LogP contribution in [0.3, 0.4) is 0 Å². The predicted molar refractivity (Wildman–Crippen MR) is 117 cm³/mol. The highest BCUT2D eigenvalue weighted by atomic mass is 19.2. The maximum Gasteiger partial charge on any atom is 0.183 e. The van der Waals surface area contributed by atoms with E-state index < -0.39 is 17.9 Å². The molecule has 0 bridgehead atoms. The normalized spacial score (nSPS) is 27.3. The fourth-order valence-corrected chi connectivity index (χ4v) is 5.05. The van der Waals surface area contributed by atoms with E-state index >= 15 is 0 Å². The van der Waals surface area contributed by atoms with Crippen molar-refractivity contribution in [2.75, 3.05) is 13.2 Å². The minimum Gasteiger partial charge on any atom is -0.348 e. The molecule has 2 nitrogen and oxygen atoms in total. The van der Waals surface area contributed by atoms with Crippen LogP contribution in [0.2, 0.25) is 0 Å². The Morgan fingerprint density at radius 2 is 1.33 bits per heavy atom. The molecule has 1 saturated heterocycles. The molecule has 0 aromatic heterocycles. The summed E-state index contributed by atoms with van der Waals surface area (Å²) < 4.78 is 38.1. The van der Waals surface area contributed by atoms with E-state index in [1.54, 1.807) is 0 Å². The van der Waals surface area contributed by atoms with Crippen LogP contribution in [0.1, 0.15) is 102 Å². The van der Waals surface area contributed by atoms with Gasteiger partial charge < -0.3 is 9.47 Å². The van der Waals surface area contributed by atoms with Crippen molar-refractivity contribution < 1.29 is 18.3 Å². The summed E-state index contributed by atoms with van der Waals surface area (Å²) in [4.78, 5) is 0. The molecule has 170 valence electrons. The molecule has 0 spiro atoms. The first-order valence-corrected chi connectivity index (χ1v) is 12.3. The lowest BCUT2D eigenvalue weighted by Crippen LogP contribution is -2.28. The van der Waals surface area contributed by atoms with Crippen LogP contribution >= 0.6 is 0 Å². The summed E-state index contributed by atoms with van der Waals surface area (Å²) in [6, 6.07) is 3.84. The van der Waals surface area contributed by atoms with Gasteiger partial charge in [0.1, 0.15) is 0 Å². The maximum absolute atomic E-state index is 13.4. The lowest BCUT2D eigenvalue weighted by molar-refractivity contribution is -0.206. The summed E-state index contributed by atoms with van der Waals surface area (Å²) in [5, 5.41) is 0. The first-order valence-electron chi connectivity index (χ1n) is 12.3. The van der Waals surface area contributed by atoms with Gasteiger partial charge in [-0.25, -0.2) is 8.78 Å². The second-order valence-electron chi connectivity index (χ2n) is 9.56. The number of benzene rings is 1. The van der Waals surface area contributed by atoms with Gasteiger partial charge >= 0.3 is 0 Å². The fourth-order valence-electron chi connectivity index (χ4n) is 5.05. The minimum atomic E-state index is -0.853. The molecule has 2 aliphatic rings. The molecule has 0 amide bonds. The largest absolute Gasteiger partial charge is 0.348 e. The van der Waals surface area contributed by atoms with Crippen molar-refractivity contribution in [2.45, 2.75) is 96.7 Å². The molecule has 4 heteroatoms. The van der Waals surface area contributed by atoms with Gasteiger partial charge in [0.25, 0.3) is 0 Å². The Morgan fingerprint density at radius 3 is 2.00 bits per heavy atom. The Labute approximate surface area is 181 Å². The molecular weight excluding hydrogens is 382 g/mol. The van der Waals surface area contributed by atoms with Crippen LogP contribution in [0.15, 0.2) is 18.2 Å². The topological polar surface area (TPSA) is 18.5 Å². The summed E-state index contributed by atoms with van der Waals surface area (Å²) in [5.74, 6) is 0.538. The molecule has 3 rings (SSSR count). The zero-order chi connectivity index (χ0) is 21.2. The maximum atomic E-state index is 13.4. The van der Waals surface area contributed by atoms with Crippen LogP contribution in [-0.2, 0) is 9.47 Å². The third-order valence-electron chi connectivity index (χ3n) is 7.10. The summed E-state index contributed by atoms with van der Waals surface area (Å²) >= 11 is 0. The summed E-state index contributed by atoms with van der Waals surface area (Å²) in [6.45, 7) is 3.55. The number of rotatable bonds is 11. The van der Waals surface area contributed by atoms with Crippen molar-refractivity contribution in [3.05, 3.63) is 35.4 Å². The van der Waals surface area contributed by atoms with E-state index in [9.17, 15) is 8.78 Å². The highest BCUT2D eigenvalue weighted by Gasteiger charge is 2.26. The molecule has 1 aromatic carbocycles. The molecule has 0 unspecified atom stereocenters. The third-order valence-corrected chi connectivity index (χ3v) is 7.10. The molecule has 1 aromatic rings. The van der Waals surface area contributed by atoms with E-state index in [2.05, 4.69) is 6.92 Å². The van der Waals surface area contributed by atoms with Crippen molar-refractivity contribution in [2.24, 2.45) is 17.8 Å². The van der Waals surface area contributed by atoms with E-state index in [0.717, 1.165) is 24.3 Å². The van der Waals surface area contributed by atoms with Crippen LogP contribution in [0.25, 0.3) is 0 Å². The Hall–Kier alpha value is -1.00. The molecule has 1 heterocycles. The molecule has 0 radical (unpaired) electrons. The van der Waals surface area contributed by atoms with Gasteiger partial charge in [0.15, 0.2) is 17.9 Å². The van der Waals surface area contributed by atoms with Crippen molar-refractivity contribution in [1.82, 2.24) is 0 Å².